The number of carboxylic acids is 1. The van der Waals surface area contributed by atoms with Crippen molar-refractivity contribution in [3.8, 4) is 16.3 Å². The summed E-state index contributed by atoms with van der Waals surface area (Å²) in [7, 11) is 0. The van der Waals surface area contributed by atoms with E-state index < -0.39 is 24.3 Å². The quantitative estimate of drug-likeness (QED) is 0.556. The standard InChI is InChI=1S/C21H17F3N2O4S/c1-12-17(18(27)26-16(20(28)29)11-13-5-3-2-4-6-13)31-19(25-12)14-7-9-15(10-8-14)30-21(22,23)24/h2-10,16H,11H2,1H3,(H,26,27)(H,28,29). The van der Waals surface area contributed by atoms with Gasteiger partial charge >= 0.3 is 12.3 Å². The maximum absolute atomic E-state index is 12.7. The lowest BCUT2D eigenvalue weighted by Gasteiger charge is -2.14. The van der Waals surface area contributed by atoms with E-state index in [-0.39, 0.29) is 17.0 Å². The second-order valence-electron chi connectivity index (χ2n) is 6.56. The predicted octanol–water partition coefficient (Wildman–Crippen LogP) is 4.44. The molecule has 162 valence electrons. The maximum atomic E-state index is 12.7. The number of ether oxygens (including phenoxy) is 1. The molecule has 0 aliphatic heterocycles. The second kappa shape index (κ2) is 9.17. The topological polar surface area (TPSA) is 88.5 Å². The molecule has 2 aromatic carbocycles. The summed E-state index contributed by atoms with van der Waals surface area (Å²) in [5.74, 6) is -2.12. The summed E-state index contributed by atoms with van der Waals surface area (Å²) in [6, 6.07) is 12.9. The highest BCUT2D eigenvalue weighted by Gasteiger charge is 2.31. The number of thiazole rings is 1. The van der Waals surface area contributed by atoms with Crippen molar-refractivity contribution < 1.29 is 32.6 Å². The average Bonchev–Trinajstić information content (AvgIpc) is 3.09. The Kier molecular flexibility index (Phi) is 6.59. The molecule has 1 unspecified atom stereocenters. The van der Waals surface area contributed by atoms with E-state index in [2.05, 4.69) is 15.0 Å². The van der Waals surface area contributed by atoms with E-state index in [4.69, 9.17) is 0 Å². The predicted molar refractivity (Wildman–Crippen MR) is 108 cm³/mol. The van der Waals surface area contributed by atoms with Gasteiger partial charge in [-0.1, -0.05) is 30.3 Å². The molecule has 0 fully saturated rings. The zero-order valence-corrected chi connectivity index (χ0v) is 17.0. The fourth-order valence-corrected chi connectivity index (χ4v) is 3.78. The summed E-state index contributed by atoms with van der Waals surface area (Å²) in [6.45, 7) is 1.60. The van der Waals surface area contributed by atoms with Gasteiger partial charge in [-0.2, -0.15) is 0 Å². The fourth-order valence-electron chi connectivity index (χ4n) is 2.80. The third kappa shape index (κ3) is 6.05. The van der Waals surface area contributed by atoms with Gasteiger partial charge in [0.1, 0.15) is 21.7 Å². The third-order valence-corrected chi connectivity index (χ3v) is 5.43. The van der Waals surface area contributed by atoms with Crippen LogP contribution in [-0.4, -0.2) is 34.4 Å². The number of aliphatic carboxylic acids is 1. The molecule has 0 radical (unpaired) electrons. The Labute approximate surface area is 179 Å². The second-order valence-corrected chi connectivity index (χ2v) is 7.56. The highest BCUT2D eigenvalue weighted by molar-refractivity contribution is 7.17. The Hall–Kier alpha value is -3.40. The first kappa shape index (κ1) is 22.3. The molecule has 1 atom stereocenters. The minimum Gasteiger partial charge on any atom is -0.480 e. The molecule has 0 saturated heterocycles. The van der Waals surface area contributed by atoms with Crippen molar-refractivity contribution >= 4 is 23.2 Å². The molecule has 1 heterocycles. The first-order valence-electron chi connectivity index (χ1n) is 9.03. The highest BCUT2D eigenvalue weighted by Crippen LogP contribution is 2.30. The summed E-state index contributed by atoms with van der Waals surface area (Å²) < 4.78 is 40.7. The van der Waals surface area contributed by atoms with E-state index in [0.717, 1.165) is 29.0 Å². The fraction of sp³-hybridized carbons (Fsp3) is 0.190. The minimum atomic E-state index is -4.79. The number of nitrogens with zero attached hydrogens (tertiary/aromatic N) is 1. The Bertz CT molecular complexity index is 1070. The van der Waals surface area contributed by atoms with Crippen molar-refractivity contribution in [3.63, 3.8) is 0 Å². The molecule has 1 aromatic heterocycles. The van der Waals surface area contributed by atoms with Crippen LogP contribution in [-0.2, 0) is 11.2 Å². The van der Waals surface area contributed by atoms with Gasteiger partial charge in [0.2, 0.25) is 0 Å². The molecule has 0 bridgehead atoms. The SMILES string of the molecule is Cc1nc(-c2ccc(OC(F)(F)F)cc2)sc1C(=O)NC(Cc1ccccc1)C(=O)O. The van der Waals surface area contributed by atoms with E-state index in [1.54, 1.807) is 31.2 Å². The molecule has 1 amide bonds. The average molecular weight is 450 g/mol. The number of aryl methyl sites for hydroxylation is 1. The largest absolute Gasteiger partial charge is 0.573 e. The third-order valence-electron chi connectivity index (χ3n) is 4.22. The molecular weight excluding hydrogens is 433 g/mol. The number of halogens is 3. The molecule has 31 heavy (non-hydrogen) atoms. The van der Waals surface area contributed by atoms with Crippen LogP contribution >= 0.6 is 11.3 Å². The van der Waals surface area contributed by atoms with Crippen LogP contribution in [0.2, 0.25) is 0 Å². The van der Waals surface area contributed by atoms with Crippen molar-refractivity contribution in [1.29, 1.82) is 0 Å². The normalized spacial score (nSPS) is 12.3. The van der Waals surface area contributed by atoms with Crippen LogP contribution in [0.25, 0.3) is 10.6 Å². The molecule has 3 rings (SSSR count). The van der Waals surface area contributed by atoms with E-state index in [1.165, 1.54) is 12.1 Å². The van der Waals surface area contributed by atoms with E-state index in [9.17, 15) is 27.9 Å². The Morgan fingerprint density at radius 2 is 1.77 bits per heavy atom. The molecule has 0 spiro atoms. The molecule has 2 N–H and O–H groups in total. The van der Waals surface area contributed by atoms with Crippen LogP contribution in [0.15, 0.2) is 54.6 Å². The molecule has 0 saturated carbocycles. The molecule has 0 aliphatic carbocycles. The highest BCUT2D eigenvalue weighted by atomic mass is 32.1. The number of alkyl halides is 3. The first-order valence-corrected chi connectivity index (χ1v) is 9.85. The van der Waals surface area contributed by atoms with Gasteiger partial charge in [-0.05, 0) is 36.8 Å². The lowest BCUT2D eigenvalue weighted by molar-refractivity contribution is -0.274. The van der Waals surface area contributed by atoms with Gasteiger partial charge in [0.25, 0.3) is 5.91 Å². The van der Waals surface area contributed by atoms with Gasteiger partial charge in [-0.15, -0.1) is 24.5 Å². The number of hydrogen-bond acceptors (Lipinski definition) is 5. The van der Waals surface area contributed by atoms with E-state index in [1.807, 2.05) is 6.07 Å². The van der Waals surface area contributed by atoms with Crippen molar-refractivity contribution in [2.24, 2.45) is 0 Å². The summed E-state index contributed by atoms with van der Waals surface area (Å²) in [5.41, 5.74) is 1.65. The van der Waals surface area contributed by atoms with Gasteiger partial charge in [0.05, 0.1) is 5.69 Å². The van der Waals surface area contributed by atoms with Crippen molar-refractivity contribution in [2.75, 3.05) is 0 Å². The zero-order valence-electron chi connectivity index (χ0n) is 16.1. The number of amides is 1. The lowest BCUT2D eigenvalue weighted by atomic mass is 10.1. The van der Waals surface area contributed by atoms with Gasteiger partial charge in [-0.3, -0.25) is 4.79 Å². The molecule has 6 nitrogen and oxygen atoms in total. The zero-order chi connectivity index (χ0) is 22.6. The number of carbonyl (C=O) groups is 2. The van der Waals surface area contributed by atoms with Crippen LogP contribution in [0.5, 0.6) is 5.75 Å². The number of nitrogens with one attached hydrogen (secondary N) is 1. The Morgan fingerprint density at radius 1 is 1.13 bits per heavy atom. The van der Waals surface area contributed by atoms with Crippen molar-refractivity contribution in [2.45, 2.75) is 25.7 Å². The van der Waals surface area contributed by atoms with Gasteiger partial charge in [0, 0.05) is 12.0 Å². The van der Waals surface area contributed by atoms with Crippen molar-refractivity contribution in [3.05, 3.63) is 70.7 Å². The number of carbonyl (C=O) groups excluding carboxylic acids is 1. The first-order chi connectivity index (χ1) is 14.6. The monoisotopic (exact) mass is 450 g/mol. The van der Waals surface area contributed by atoms with Crippen LogP contribution in [0.1, 0.15) is 20.9 Å². The van der Waals surface area contributed by atoms with Gasteiger partial charge in [0.15, 0.2) is 0 Å². The number of benzene rings is 2. The van der Waals surface area contributed by atoms with Gasteiger partial charge < -0.3 is 15.2 Å². The van der Waals surface area contributed by atoms with Crippen LogP contribution in [0.4, 0.5) is 13.2 Å². The maximum Gasteiger partial charge on any atom is 0.573 e. The lowest BCUT2D eigenvalue weighted by Crippen LogP contribution is -2.42. The molecule has 0 aliphatic rings. The van der Waals surface area contributed by atoms with Crippen LogP contribution < -0.4 is 10.1 Å². The number of carboxylic acid groups (broad SMARTS) is 1. The molecule has 3 aromatic rings. The Balaban J connectivity index is 1.74. The summed E-state index contributed by atoms with van der Waals surface area (Å²) in [5, 5.41) is 12.4. The number of aromatic nitrogens is 1. The minimum absolute atomic E-state index is 0.118. The summed E-state index contributed by atoms with van der Waals surface area (Å²) in [4.78, 5) is 28.8. The van der Waals surface area contributed by atoms with Gasteiger partial charge in [-0.25, -0.2) is 9.78 Å². The number of hydrogen-bond donors (Lipinski definition) is 2. The van der Waals surface area contributed by atoms with E-state index in [0.29, 0.717) is 16.3 Å². The Morgan fingerprint density at radius 3 is 2.35 bits per heavy atom. The molecular formula is C21H17F3N2O4S. The van der Waals surface area contributed by atoms with E-state index >= 15 is 0 Å². The smallest absolute Gasteiger partial charge is 0.480 e. The van der Waals surface area contributed by atoms with Crippen LogP contribution in [0.3, 0.4) is 0 Å². The molecule has 10 heteroatoms. The number of rotatable bonds is 7. The van der Waals surface area contributed by atoms with Crippen molar-refractivity contribution in [1.82, 2.24) is 10.3 Å². The summed E-state index contributed by atoms with van der Waals surface area (Å²) >= 11 is 1.02. The summed E-state index contributed by atoms with van der Waals surface area (Å²) in [6.07, 6.45) is -4.67. The van der Waals surface area contributed by atoms with Crippen LogP contribution in [0, 0.1) is 6.92 Å².